The third kappa shape index (κ3) is 6.78. The molecule has 6 rings (SSSR count). The first-order valence-electron chi connectivity index (χ1n) is 16.2. The van der Waals surface area contributed by atoms with Crippen molar-refractivity contribution in [3.8, 4) is 39.9 Å². The highest BCUT2D eigenvalue weighted by Gasteiger charge is 2.34. The fourth-order valence-electron chi connectivity index (χ4n) is 6.66. The SMILES string of the molecule is COc1cc2c(c(OC)c1OC)-c1ccc(NCC(=O)N3CCN(C(=O)C4COc5ccccc5O4)CC3)c(=O)cc1C(NC(C)=O)CC2. The largest absolute Gasteiger partial charge is 0.493 e. The minimum absolute atomic E-state index is 0.117. The number of carbonyl (C=O) groups is 3. The number of ether oxygens (including phenoxy) is 5. The van der Waals surface area contributed by atoms with E-state index in [9.17, 15) is 19.2 Å². The van der Waals surface area contributed by atoms with Crippen LogP contribution in [0.3, 0.4) is 0 Å². The molecule has 0 spiro atoms. The lowest BCUT2D eigenvalue weighted by Gasteiger charge is -2.37. The van der Waals surface area contributed by atoms with Crippen molar-refractivity contribution in [1.82, 2.24) is 15.1 Å². The zero-order chi connectivity index (χ0) is 34.7. The number of para-hydroxylation sites is 2. The Morgan fingerprint density at radius 1 is 0.898 bits per heavy atom. The Kier molecular flexibility index (Phi) is 9.79. The van der Waals surface area contributed by atoms with Crippen molar-refractivity contribution in [3.05, 3.63) is 69.9 Å². The Labute approximate surface area is 284 Å². The van der Waals surface area contributed by atoms with Crippen LogP contribution in [0, 0.1) is 0 Å². The Bertz CT molecular complexity index is 1820. The number of nitrogens with zero attached hydrogens (tertiary/aromatic N) is 2. The van der Waals surface area contributed by atoms with Crippen molar-refractivity contribution >= 4 is 23.4 Å². The van der Waals surface area contributed by atoms with Gasteiger partial charge < -0.3 is 44.1 Å². The number of carbonyl (C=O) groups excluding carboxylic acids is 3. The minimum Gasteiger partial charge on any atom is -0.493 e. The number of fused-ring (bicyclic) bond motifs is 4. The van der Waals surface area contributed by atoms with Gasteiger partial charge in [-0.2, -0.15) is 0 Å². The van der Waals surface area contributed by atoms with E-state index in [1.807, 2.05) is 18.2 Å². The molecule has 258 valence electrons. The second kappa shape index (κ2) is 14.3. The summed E-state index contributed by atoms with van der Waals surface area (Å²) in [6.45, 7) is 2.85. The number of hydrogen-bond donors (Lipinski definition) is 2. The van der Waals surface area contributed by atoms with Crippen molar-refractivity contribution in [2.45, 2.75) is 31.9 Å². The topological polar surface area (TPSA) is 145 Å². The van der Waals surface area contributed by atoms with Crippen LogP contribution in [-0.4, -0.2) is 94.3 Å². The average Bonchev–Trinajstić information content (AvgIpc) is 3.36. The fraction of sp³-hybridized carbons (Fsp3) is 0.389. The zero-order valence-electron chi connectivity index (χ0n) is 28.0. The molecule has 2 atom stereocenters. The molecule has 2 N–H and O–H groups in total. The molecule has 3 amide bonds. The molecule has 3 aliphatic rings. The lowest BCUT2D eigenvalue weighted by atomic mass is 9.95. The first kappa shape index (κ1) is 33.4. The van der Waals surface area contributed by atoms with Crippen molar-refractivity contribution < 1.29 is 38.1 Å². The monoisotopic (exact) mass is 672 g/mol. The van der Waals surface area contributed by atoms with Gasteiger partial charge in [0.15, 0.2) is 23.0 Å². The van der Waals surface area contributed by atoms with Gasteiger partial charge in [-0.3, -0.25) is 19.2 Å². The third-order valence-corrected chi connectivity index (χ3v) is 9.07. The molecule has 0 radical (unpaired) electrons. The number of aryl methyl sites for hydroxylation is 1. The average molecular weight is 673 g/mol. The summed E-state index contributed by atoms with van der Waals surface area (Å²) in [5.41, 5.74) is 2.86. The lowest BCUT2D eigenvalue weighted by Crippen LogP contribution is -2.55. The van der Waals surface area contributed by atoms with Crippen molar-refractivity contribution in [1.29, 1.82) is 0 Å². The van der Waals surface area contributed by atoms with Gasteiger partial charge in [-0.15, -0.1) is 0 Å². The van der Waals surface area contributed by atoms with Crippen LogP contribution in [0.5, 0.6) is 28.7 Å². The van der Waals surface area contributed by atoms with Crippen LogP contribution in [0.15, 0.2) is 53.3 Å². The van der Waals surface area contributed by atoms with E-state index in [1.54, 1.807) is 48.3 Å². The molecule has 3 aromatic rings. The number of amides is 3. The maximum Gasteiger partial charge on any atom is 0.267 e. The number of rotatable bonds is 8. The van der Waals surface area contributed by atoms with Crippen LogP contribution in [0.25, 0.3) is 11.1 Å². The number of benzene rings is 2. The molecule has 1 aliphatic carbocycles. The fourth-order valence-corrected chi connectivity index (χ4v) is 6.66. The molecule has 2 unspecified atom stereocenters. The third-order valence-electron chi connectivity index (χ3n) is 9.07. The van der Waals surface area contributed by atoms with Crippen LogP contribution in [0.1, 0.15) is 30.5 Å². The van der Waals surface area contributed by atoms with Crippen molar-refractivity contribution in [3.63, 3.8) is 0 Å². The van der Waals surface area contributed by atoms with E-state index in [0.29, 0.717) is 78.9 Å². The summed E-state index contributed by atoms with van der Waals surface area (Å²) in [7, 11) is 4.63. The quantitative estimate of drug-likeness (QED) is 0.367. The van der Waals surface area contributed by atoms with Crippen molar-refractivity contribution in [2.75, 3.05) is 66.0 Å². The maximum atomic E-state index is 13.6. The van der Waals surface area contributed by atoms with Gasteiger partial charge in [-0.25, -0.2) is 0 Å². The molecule has 1 fully saturated rings. The maximum absolute atomic E-state index is 13.6. The number of hydrogen-bond acceptors (Lipinski definition) is 10. The molecule has 2 aliphatic heterocycles. The zero-order valence-corrected chi connectivity index (χ0v) is 28.0. The second-order valence-electron chi connectivity index (χ2n) is 12.0. The van der Waals surface area contributed by atoms with Gasteiger partial charge in [0.25, 0.3) is 5.91 Å². The van der Waals surface area contributed by atoms with Gasteiger partial charge in [0, 0.05) is 38.7 Å². The van der Waals surface area contributed by atoms with Crippen LogP contribution >= 0.6 is 0 Å². The molecule has 0 bridgehead atoms. The van der Waals surface area contributed by atoms with Gasteiger partial charge in [0.05, 0.1) is 39.6 Å². The van der Waals surface area contributed by atoms with E-state index in [0.717, 1.165) is 11.1 Å². The highest BCUT2D eigenvalue weighted by atomic mass is 16.6. The summed E-state index contributed by atoms with van der Waals surface area (Å²) in [6.07, 6.45) is 0.366. The Morgan fingerprint density at radius 3 is 2.31 bits per heavy atom. The smallest absolute Gasteiger partial charge is 0.267 e. The predicted molar refractivity (Wildman–Crippen MR) is 181 cm³/mol. The summed E-state index contributed by atoms with van der Waals surface area (Å²) >= 11 is 0. The molecular formula is C36H40N4O9. The standard InChI is InChI=1S/C36H40N4O9/c1-21(41)38-25-11-9-22-17-30(45-2)34(46-3)35(47-4)33(22)23-10-12-26(27(42)18-24(23)25)37-19-32(43)39-13-15-40(16-14-39)36(44)31-20-48-28-7-5-6-8-29(28)49-31/h5-8,10,12,17-18,25,31H,9,11,13-16,19-20H2,1-4H3,(H,37,42)(H,38,41). The number of anilines is 1. The van der Waals surface area contributed by atoms with E-state index >= 15 is 0 Å². The number of nitrogens with one attached hydrogen (secondary N) is 2. The predicted octanol–water partition coefficient (Wildman–Crippen LogP) is 2.79. The van der Waals surface area contributed by atoms with Gasteiger partial charge in [-0.05, 0) is 59.9 Å². The van der Waals surface area contributed by atoms with E-state index in [4.69, 9.17) is 23.7 Å². The van der Waals surface area contributed by atoms with E-state index in [2.05, 4.69) is 10.6 Å². The molecule has 1 saturated heterocycles. The minimum atomic E-state index is -0.747. The first-order valence-corrected chi connectivity index (χ1v) is 16.2. The summed E-state index contributed by atoms with van der Waals surface area (Å²) < 4.78 is 28.7. The van der Waals surface area contributed by atoms with Gasteiger partial charge in [0.2, 0.25) is 29.1 Å². The summed E-state index contributed by atoms with van der Waals surface area (Å²) in [4.78, 5) is 55.6. The van der Waals surface area contributed by atoms with Crippen LogP contribution in [-0.2, 0) is 20.8 Å². The van der Waals surface area contributed by atoms with Crippen LogP contribution in [0.4, 0.5) is 5.69 Å². The van der Waals surface area contributed by atoms with E-state index in [-0.39, 0.29) is 42.0 Å². The molecule has 13 heteroatoms. The highest BCUT2D eigenvalue weighted by Crippen LogP contribution is 2.50. The summed E-state index contributed by atoms with van der Waals surface area (Å²) in [6, 6.07) is 13.6. The van der Waals surface area contributed by atoms with Crippen molar-refractivity contribution in [2.24, 2.45) is 0 Å². The van der Waals surface area contributed by atoms with Gasteiger partial charge >= 0.3 is 0 Å². The molecule has 3 aromatic carbocycles. The first-order chi connectivity index (χ1) is 23.7. The Morgan fingerprint density at radius 2 is 1.61 bits per heavy atom. The normalized spacial score (nSPS) is 17.9. The van der Waals surface area contributed by atoms with E-state index in [1.165, 1.54) is 20.1 Å². The summed E-state index contributed by atoms with van der Waals surface area (Å²) in [5, 5.41) is 6.02. The summed E-state index contributed by atoms with van der Waals surface area (Å²) in [5.74, 6) is 1.91. The lowest BCUT2D eigenvalue weighted by molar-refractivity contribution is -0.145. The van der Waals surface area contributed by atoms with Crippen LogP contribution in [0.2, 0.25) is 0 Å². The molecule has 0 aromatic heterocycles. The molecule has 49 heavy (non-hydrogen) atoms. The van der Waals surface area contributed by atoms with Gasteiger partial charge in [0.1, 0.15) is 6.61 Å². The Balaban J connectivity index is 1.18. The molecular weight excluding hydrogens is 632 g/mol. The van der Waals surface area contributed by atoms with E-state index < -0.39 is 12.1 Å². The molecule has 2 heterocycles. The number of methoxy groups -OCH3 is 3. The van der Waals surface area contributed by atoms with Gasteiger partial charge in [-0.1, -0.05) is 18.2 Å². The molecule has 0 saturated carbocycles. The molecule has 13 nitrogen and oxygen atoms in total. The van der Waals surface area contributed by atoms with Crippen LogP contribution < -0.4 is 39.7 Å². The number of piperazine rings is 1. The highest BCUT2D eigenvalue weighted by molar-refractivity contribution is 5.85. The Hall–Kier alpha value is -5.46. The second-order valence-corrected chi connectivity index (χ2v) is 12.0.